The largest absolute Gasteiger partial charge is 0.495 e. The second-order valence-electron chi connectivity index (χ2n) is 3.31. The summed E-state index contributed by atoms with van der Waals surface area (Å²) in [6, 6.07) is 13.9. The van der Waals surface area contributed by atoms with Gasteiger partial charge in [-0.2, -0.15) is 0 Å². The Morgan fingerprint density at radius 1 is 0.938 bits per heavy atom. The van der Waals surface area contributed by atoms with Crippen molar-refractivity contribution in [2.75, 3.05) is 12.4 Å². The van der Waals surface area contributed by atoms with E-state index in [0.717, 1.165) is 5.69 Å². The summed E-state index contributed by atoms with van der Waals surface area (Å²) in [4.78, 5) is 0. The van der Waals surface area contributed by atoms with Crippen molar-refractivity contribution < 1.29 is 9.13 Å². The zero-order valence-electron chi connectivity index (χ0n) is 8.91. The zero-order valence-corrected chi connectivity index (χ0v) is 8.91. The van der Waals surface area contributed by atoms with Gasteiger partial charge in [0, 0.05) is 0 Å². The Labute approximate surface area is 93.7 Å². The minimum atomic E-state index is -0.284. The molecular weight excluding hydrogens is 205 g/mol. The van der Waals surface area contributed by atoms with Crippen LogP contribution in [0.5, 0.6) is 5.75 Å². The Hall–Kier alpha value is -2.03. The van der Waals surface area contributed by atoms with E-state index in [1.807, 2.05) is 24.3 Å². The molecule has 1 N–H and O–H groups in total. The molecule has 0 saturated carbocycles. The number of halogens is 1. The number of benzene rings is 2. The van der Waals surface area contributed by atoms with Crippen LogP contribution in [0.3, 0.4) is 0 Å². The number of methoxy groups -OCH3 is 1. The maximum Gasteiger partial charge on any atom is 0.146 e. The van der Waals surface area contributed by atoms with Gasteiger partial charge in [-0.15, -0.1) is 0 Å². The van der Waals surface area contributed by atoms with Crippen molar-refractivity contribution >= 4 is 11.4 Å². The van der Waals surface area contributed by atoms with Crippen LogP contribution >= 0.6 is 0 Å². The molecule has 0 bridgehead atoms. The fourth-order valence-electron chi connectivity index (χ4n) is 1.46. The van der Waals surface area contributed by atoms with E-state index in [1.54, 1.807) is 25.3 Å². The van der Waals surface area contributed by atoms with Gasteiger partial charge in [0.25, 0.3) is 0 Å². The fraction of sp³-hybridized carbons (Fsp3) is 0.0769. The molecule has 2 aromatic rings. The number of anilines is 2. The van der Waals surface area contributed by atoms with E-state index in [0.29, 0.717) is 11.4 Å². The van der Waals surface area contributed by atoms with Gasteiger partial charge in [0.1, 0.15) is 11.6 Å². The van der Waals surface area contributed by atoms with Crippen LogP contribution in [0.25, 0.3) is 0 Å². The second-order valence-corrected chi connectivity index (χ2v) is 3.31. The summed E-state index contributed by atoms with van der Waals surface area (Å²) in [6.07, 6.45) is 0. The van der Waals surface area contributed by atoms with Gasteiger partial charge in [0.15, 0.2) is 0 Å². The Kier molecular flexibility index (Phi) is 3.05. The minimum Gasteiger partial charge on any atom is -0.495 e. The molecule has 0 fully saturated rings. The predicted molar refractivity (Wildman–Crippen MR) is 62.7 cm³/mol. The van der Waals surface area contributed by atoms with E-state index in [9.17, 15) is 4.39 Å². The van der Waals surface area contributed by atoms with Gasteiger partial charge in [-0.3, -0.25) is 0 Å². The summed E-state index contributed by atoms with van der Waals surface area (Å²) in [7, 11) is 1.59. The molecule has 0 aliphatic carbocycles. The van der Waals surface area contributed by atoms with Gasteiger partial charge < -0.3 is 10.1 Å². The van der Waals surface area contributed by atoms with Crippen molar-refractivity contribution in [3.8, 4) is 5.75 Å². The molecule has 0 heterocycles. The van der Waals surface area contributed by atoms with Crippen LogP contribution in [-0.4, -0.2) is 7.11 Å². The van der Waals surface area contributed by atoms with E-state index < -0.39 is 0 Å². The standard InChI is InChI=1S/C13H12FNO/c1-16-13-9-5-4-8-12(13)15-11-7-3-2-6-10(11)14/h2-9,15H,1H3. The Bertz CT molecular complexity index is 485. The molecule has 0 amide bonds. The van der Waals surface area contributed by atoms with Crippen LogP contribution < -0.4 is 10.1 Å². The first-order chi connectivity index (χ1) is 7.81. The molecule has 82 valence electrons. The minimum absolute atomic E-state index is 0.284. The summed E-state index contributed by atoms with van der Waals surface area (Å²) in [5.74, 6) is 0.402. The topological polar surface area (TPSA) is 21.3 Å². The van der Waals surface area contributed by atoms with Crippen molar-refractivity contribution in [2.24, 2.45) is 0 Å². The van der Waals surface area contributed by atoms with Crippen molar-refractivity contribution in [1.82, 2.24) is 0 Å². The molecule has 0 unspecified atom stereocenters. The first kappa shape index (κ1) is 10.5. The average Bonchev–Trinajstić information content (AvgIpc) is 2.33. The number of ether oxygens (including phenoxy) is 1. The van der Waals surface area contributed by atoms with E-state index in [4.69, 9.17) is 4.74 Å². The average molecular weight is 217 g/mol. The number of para-hydroxylation sites is 3. The highest BCUT2D eigenvalue weighted by Gasteiger charge is 2.04. The summed E-state index contributed by atoms with van der Waals surface area (Å²) >= 11 is 0. The van der Waals surface area contributed by atoms with Crippen molar-refractivity contribution in [3.63, 3.8) is 0 Å². The fourth-order valence-corrected chi connectivity index (χ4v) is 1.46. The molecule has 0 atom stereocenters. The third-order valence-corrected chi connectivity index (χ3v) is 2.25. The number of nitrogens with one attached hydrogen (secondary N) is 1. The van der Waals surface area contributed by atoms with E-state index in [-0.39, 0.29) is 5.82 Å². The van der Waals surface area contributed by atoms with Gasteiger partial charge in [0.05, 0.1) is 18.5 Å². The summed E-state index contributed by atoms with van der Waals surface area (Å²) < 4.78 is 18.6. The smallest absolute Gasteiger partial charge is 0.146 e. The molecule has 0 aromatic heterocycles. The zero-order chi connectivity index (χ0) is 11.4. The van der Waals surface area contributed by atoms with Gasteiger partial charge in [-0.25, -0.2) is 4.39 Å². The molecule has 2 rings (SSSR count). The van der Waals surface area contributed by atoms with Crippen LogP contribution in [0.15, 0.2) is 48.5 Å². The third-order valence-electron chi connectivity index (χ3n) is 2.25. The monoisotopic (exact) mass is 217 g/mol. The maximum atomic E-state index is 13.4. The van der Waals surface area contributed by atoms with Crippen molar-refractivity contribution in [3.05, 3.63) is 54.3 Å². The van der Waals surface area contributed by atoms with Gasteiger partial charge in [0.2, 0.25) is 0 Å². The lowest BCUT2D eigenvalue weighted by atomic mass is 10.2. The molecule has 0 radical (unpaired) electrons. The third kappa shape index (κ3) is 2.14. The Morgan fingerprint density at radius 2 is 1.56 bits per heavy atom. The van der Waals surface area contributed by atoms with E-state index in [2.05, 4.69) is 5.32 Å². The van der Waals surface area contributed by atoms with Crippen LogP contribution in [0.2, 0.25) is 0 Å². The molecule has 0 saturated heterocycles. The predicted octanol–water partition coefficient (Wildman–Crippen LogP) is 3.58. The lowest BCUT2D eigenvalue weighted by Crippen LogP contribution is -1.96. The van der Waals surface area contributed by atoms with Crippen LogP contribution in [-0.2, 0) is 0 Å². The van der Waals surface area contributed by atoms with Gasteiger partial charge in [-0.1, -0.05) is 24.3 Å². The first-order valence-electron chi connectivity index (χ1n) is 4.96. The number of rotatable bonds is 3. The number of hydrogen-bond donors (Lipinski definition) is 1. The molecule has 3 heteroatoms. The van der Waals surface area contributed by atoms with Crippen LogP contribution in [0.4, 0.5) is 15.8 Å². The van der Waals surface area contributed by atoms with Crippen LogP contribution in [0, 0.1) is 5.82 Å². The molecule has 0 aliphatic rings. The quantitative estimate of drug-likeness (QED) is 0.848. The number of hydrogen-bond acceptors (Lipinski definition) is 2. The second kappa shape index (κ2) is 4.66. The normalized spacial score (nSPS) is 9.88. The lowest BCUT2D eigenvalue weighted by Gasteiger charge is -2.11. The maximum absolute atomic E-state index is 13.4. The summed E-state index contributed by atoms with van der Waals surface area (Å²) in [6.45, 7) is 0. The highest BCUT2D eigenvalue weighted by atomic mass is 19.1. The lowest BCUT2D eigenvalue weighted by molar-refractivity contribution is 0.417. The molecule has 16 heavy (non-hydrogen) atoms. The van der Waals surface area contributed by atoms with Gasteiger partial charge >= 0.3 is 0 Å². The van der Waals surface area contributed by atoms with Crippen LogP contribution in [0.1, 0.15) is 0 Å². The first-order valence-corrected chi connectivity index (χ1v) is 4.96. The highest BCUT2D eigenvalue weighted by Crippen LogP contribution is 2.27. The summed E-state index contributed by atoms with van der Waals surface area (Å²) in [5, 5.41) is 2.99. The highest BCUT2D eigenvalue weighted by molar-refractivity contribution is 5.66. The molecule has 2 aromatic carbocycles. The molecule has 2 nitrogen and oxygen atoms in total. The Balaban J connectivity index is 2.30. The summed E-state index contributed by atoms with van der Waals surface area (Å²) in [5.41, 5.74) is 1.18. The Morgan fingerprint density at radius 3 is 2.25 bits per heavy atom. The van der Waals surface area contributed by atoms with Gasteiger partial charge in [-0.05, 0) is 24.3 Å². The SMILES string of the molecule is COc1ccccc1Nc1ccccc1F. The van der Waals surface area contributed by atoms with Crippen molar-refractivity contribution in [1.29, 1.82) is 0 Å². The molecule has 0 spiro atoms. The van der Waals surface area contributed by atoms with Crippen molar-refractivity contribution in [2.45, 2.75) is 0 Å². The molecular formula is C13H12FNO. The van der Waals surface area contributed by atoms with E-state index >= 15 is 0 Å². The van der Waals surface area contributed by atoms with E-state index in [1.165, 1.54) is 6.07 Å². The molecule has 0 aliphatic heterocycles.